The van der Waals surface area contributed by atoms with Gasteiger partial charge in [0.1, 0.15) is 5.75 Å². The lowest BCUT2D eigenvalue weighted by atomic mass is 9.77. The van der Waals surface area contributed by atoms with E-state index in [1.165, 1.54) is 5.56 Å². The molecule has 0 bridgehead atoms. The quantitative estimate of drug-likeness (QED) is 0.723. The van der Waals surface area contributed by atoms with Crippen molar-refractivity contribution in [3.8, 4) is 5.75 Å². The van der Waals surface area contributed by atoms with Crippen molar-refractivity contribution in [2.45, 2.75) is 44.9 Å². The molecule has 5 nitrogen and oxygen atoms in total. The number of aryl methyl sites for hydroxylation is 1. The summed E-state index contributed by atoms with van der Waals surface area (Å²) in [6.45, 7) is 4.01. The van der Waals surface area contributed by atoms with Crippen LogP contribution in [0.4, 0.5) is 5.69 Å². The molecule has 0 aromatic heterocycles. The number of nitrogens with one attached hydrogen (secondary N) is 1. The minimum Gasteiger partial charge on any atom is -0.482 e. The summed E-state index contributed by atoms with van der Waals surface area (Å²) in [4.78, 5) is 24.6. The Morgan fingerprint density at radius 1 is 1.00 bits per heavy atom. The minimum absolute atomic E-state index is 0.0362. The first-order valence-electron chi connectivity index (χ1n) is 9.80. The fourth-order valence-electron chi connectivity index (χ4n) is 3.73. The topological polar surface area (TPSA) is 64.6 Å². The first-order valence-corrected chi connectivity index (χ1v) is 9.80. The molecular weight excluding hydrogens is 354 g/mol. The van der Waals surface area contributed by atoms with Gasteiger partial charge in [0.2, 0.25) is 5.91 Å². The molecule has 2 aromatic carbocycles. The molecule has 0 atom stereocenters. The Morgan fingerprint density at radius 2 is 1.64 bits per heavy atom. The number of benzene rings is 2. The van der Waals surface area contributed by atoms with Gasteiger partial charge in [0.25, 0.3) is 0 Å². The first kappa shape index (κ1) is 19.9. The van der Waals surface area contributed by atoms with Crippen LogP contribution in [0.25, 0.3) is 0 Å². The second-order valence-electron chi connectivity index (χ2n) is 7.23. The molecule has 28 heavy (non-hydrogen) atoms. The summed E-state index contributed by atoms with van der Waals surface area (Å²) in [5, 5.41) is 3.06. The second kappa shape index (κ2) is 8.91. The third kappa shape index (κ3) is 4.53. The number of carbonyl (C=O) groups excluding carboxylic acids is 2. The average Bonchev–Trinajstić information content (AvgIpc) is 3.19. The number of anilines is 1. The molecule has 0 unspecified atom stereocenters. The van der Waals surface area contributed by atoms with Crippen molar-refractivity contribution in [1.82, 2.24) is 0 Å². The van der Waals surface area contributed by atoms with Crippen LogP contribution in [0, 0.1) is 6.92 Å². The van der Waals surface area contributed by atoms with E-state index >= 15 is 0 Å². The van der Waals surface area contributed by atoms with E-state index in [2.05, 4.69) is 36.5 Å². The van der Waals surface area contributed by atoms with Gasteiger partial charge in [-0.2, -0.15) is 0 Å². The molecule has 2 aromatic rings. The lowest BCUT2D eigenvalue weighted by Gasteiger charge is -2.28. The first-order chi connectivity index (χ1) is 13.5. The summed E-state index contributed by atoms with van der Waals surface area (Å²) in [5.74, 6) is 0.190. The maximum absolute atomic E-state index is 13.2. The van der Waals surface area contributed by atoms with Gasteiger partial charge in [-0.05, 0) is 56.5 Å². The molecule has 5 heteroatoms. The maximum Gasteiger partial charge on any atom is 0.344 e. The Hall–Kier alpha value is -2.82. The van der Waals surface area contributed by atoms with E-state index in [1.807, 2.05) is 0 Å². The zero-order chi connectivity index (χ0) is 20.0. The molecule has 3 rings (SSSR count). The molecule has 1 aliphatic rings. The second-order valence-corrected chi connectivity index (χ2v) is 7.23. The standard InChI is InChI=1S/C23H27NO4/c1-3-27-21(25)16-28-20-12-10-19(11-13-20)24-22(26)23(14-4-5-15-23)18-8-6-17(2)7-9-18/h6-13H,3-5,14-16H2,1-2H3,(H,24,26). The Kier molecular flexibility index (Phi) is 6.34. The van der Waals surface area contributed by atoms with Crippen molar-refractivity contribution < 1.29 is 19.1 Å². The van der Waals surface area contributed by atoms with Crippen molar-refractivity contribution in [3.63, 3.8) is 0 Å². The van der Waals surface area contributed by atoms with Crippen LogP contribution < -0.4 is 10.1 Å². The lowest BCUT2D eigenvalue weighted by molar-refractivity contribution is -0.145. The zero-order valence-electron chi connectivity index (χ0n) is 16.5. The molecule has 148 valence electrons. The normalized spacial score (nSPS) is 15.1. The fraction of sp³-hybridized carbons (Fsp3) is 0.391. The summed E-state index contributed by atoms with van der Waals surface area (Å²) in [6.07, 6.45) is 3.84. The van der Waals surface area contributed by atoms with Crippen molar-refractivity contribution in [2.24, 2.45) is 0 Å². The molecule has 0 aliphatic heterocycles. The minimum atomic E-state index is -0.465. The van der Waals surface area contributed by atoms with E-state index < -0.39 is 11.4 Å². The van der Waals surface area contributed by atoms with Crippen LogP contribution in [0.15, 0.2) is 48.5 Å². The number of hydrogen-bond acceptors (Lipinski definition) is 4. The molecule has 1 fully saturated rings. The highest BCUT2D eigenvalue weighted by atomic mass is 16.6. The van der Waals surface area contributed by atoms with Crippen LogP contribution in [0.2, 0.25) is 0 Å². The van der Waals surface area contributed by atoms with Crippen molar-refractivity contribution in [2.75, 3.05) is 18.5 Å². The van der Waals surface area contributed by atoms with Crippen molar-refractivity contribution >= 4 is 17.6 Å². The van der Waals surface area contributed by atoms with Crippen LogP contribution in [-0.2, 0) is 19.7 Å². The van der Waals surface area contributed by atoms with Gasteiger partial charge in [-0.25, -0.2) is 4.79 Å². The molecule has 1 N–H and O–H groups in total. The Morgan fingerprint density at radius 3 is 2.25 bits per heavy atom. The van der Waals surface area contributed by atoms with E-state index in [4.69, 9.17) is 9.47 Å². The third-order valence-electron chi connectivity index (χ3n) is 5.27. The molecule has 0 spiro atoms. The Bertz CT molecular complexity index is 806. The summed E-state index contributed by atoms with van der Waals surface area (Å²) in [5.41, 5.74) is 2.53. The highest BCUT2D eigenvalue weighted by Gasteiger charge is 2.42. The van der Waals surface area contributed by atoms with Crippen LogP contribution >= 0.6 is 0 Å². The molecule has 1 amide bonds. The number of amides is 1. The van der Waals surface area contributed by atoms with E-state index in [0.717, 1.165) is 31.2 Å². The van der Waals surface area contributed by atoms with Gasteiger partial charge in [-0.1, -0.05) is 42.7 Å². The van der Waals surface area contributed by atoms with Crippen molar-refractivity contribution in [3.05, 3.63) is 59.7 Å². The predicted molar refractivity (Wildman–Crippen MR) is 109 cm³/mol. The monoisotopic (exact) mass is 381 g/mol. The fourth-order valence-corrected chi connectivity index (χ4v) is 3.73. The van der Waals surface area contributed by atoms with Crippen LogP contribution in [0.3, 0.4) is 0 Å². The van der Waals surface area contributed by atoms with Gasteiger partial charge in [0.05, 0.1) is 12.0 Å². The summed E-state index contributed by atoms with van der Waals surface area (Å²) in [6, 6.07) is 15.3. The molecule has 0 radical (unpaired) electrons. The lowest BCUT2D eigenvalue weighted by Crippen LogP contribution is -2.38. The van der Waals surface area contributed by atoms with Crippen molar-refractivity contribution in [1.29, 1.82) is 0 Å². The van der Waals surface area contributed by atoms with E-state index in [-0.39, 0.29) is 12.5 Å². The highest BCUT2D eigenvalue weighted by Crippen LogP contribution is 2.42. The maximum atomic E-state index is 13.2. The van der Waals surface area contributed by atoms with Crippen LogP contribution in [0.5, 0.6) is 5.75 Å². The zero-order valence-corrected chi connectivity index (χ0v) is 16.5. The smallest absolute Gasteiger partial charge is 0.344 e. The van der Waals surface area contributed by atoms with Crippen LogP contribution in [-0.4, -0.2) is 25.1 Å². The number of carbonyl (C=O) groups is 2. The SMILES string of the molecule is CCOC(=O)COc1ccc(NC(=O)C2(c3ccc(C)cc3)CCCC2)cc1. The number of esters is 1. The predicted octanol–water partition coefficient (Wildman–Crippen LogP) is 4.39. The van der Waals surface area contributed by atoms with Gasteiger partial charge in [0.15, 0.2) is 6.61 Å². The number of rotatable bonds is 7. The van der Waals surface area contributed by atoms with E-state index in [1.54, 1.807) is 31.2 Å². The number of ether oxygens (including phenoxy) is 2. The summed E-state index contributed by atoms with van der Waals surface area (Å²) >= 11 is 0. The molecule has 0 heterocycles. The van der Waals surface area contributed by atoms with Gasteiger partial charge >= 0.3 is 5.97 Å². The third-order valence-corrected chi connectivity index (χ3v) is 5.27. The molecular formula is C23H27NO4. The summed E-state index contributed by atoms with van der Waals surface area (Å²) < 4.78 is 10.2. The Labute approximate surface area is 166 Å². The van der Waals surface area contributed by atoms with E-state index in [9.17, 15) is 9.59 Å². The molecule has 0 saturated heterocycles. The molecule has 1 saturated carbocycles. The van der Waals surface area contributed by atoms with Gasteiger partial charge in [-0.3, -0.25) is 4.79 Å². The number of hydrogen-bond donors (Lipinski definition) is 1. The highest BCUT2D eigenvalue weighted by molar-refractivity contribution is 5.99. The molecule has 1 aliphatic carbocycles. The van der Waals surface area contributed by atoms with Gasteiger partial charge in [0, 0.05) is 5.69 Å². The Balaban J connectivity index is 1.67. The van der Waals surface area contributed by atoms with Crippen LogP contribution in [0.1, 0.15) is 43.7 Å². The van der Waals surface area contributed by atoms with E-state index in [0.29, 0.717) is 18.0 Å². The average molecular weight is 381 g/mol. The van der Waals surface area contributed by atoms with Gasteiger partial charge in [-0.15, -0.1) is 0 Å². The summed E-state index contributed by atoms with van der Waals surface area (Å²) in [7, 11) is 0. The largest absolute Gasteiger partial charge is 0.482 e. The van der Waals surface area contributed by atoms with Gasteiger partial charge < -0.3 is 14.8 Å².